The molecule has 13 heavy (non-hydrogen) atoms. The normalized spacial score (nSPS) is 21.3. The molecular weight excluding hydrogens is 192 g/mol. The topological polar surface area (TPSA) is 26.0 Å². The van der Waals surface area contributed by atoms with Crippen molar-refractivity contribution >= 4 is 11.8 Å². The third-order valence-electron chi connectivity index (χ3n) is 2.14. The minimum absolute atomic E-state index is 0.237. The van der Waals surface area contributed by atoms with Gasteiger partial charge in [-0.05, 0) is 11.6 Å². The molecule has 0 aromatic heterocycles. The molecule has 0 saturated heterocycles. The van der Waals surface area contributed by atoms with Crippen LogP contribution in [0.4, 0.5) is 8.78 Å². The van der Waals surface area contributed by atoms with Gasteiger partial charge in [0.05, 0.1) is 0 Å². The fourth-order valence-electron chi connectivity index (χ4n) is 1.48. The summed E-state index contributed by atoms with van der Waals surface area (Å²) >= 11 is 1.58. The number of rotatable bonds is 0. The predicted octanol–water partition coefficient (Wildman–Crippen LogP) is 2.21. The summed E-state index contributed by atoms with van der Waals surface area (Å²) in [5.41, 5.74) is 6.91. The number of benzene rings is 1. The second kappa shape index (κ2) is 3.27. The van der Waals surface area contributed by atoms with E-state index >= 15 is 0 Å². The van der Waals surface area contributed by atoms with E-state index in [1.165, 1.54) is 6.07 Å². The Morgan fingerprint density at radius 1 is 1.38 bits per heavy atom. The molecule has 70 valence electrons. The van der Waals surface area contributed by atoms with Crippen molar-refractivity contribution in [3.63, 3.8) is 0 Å². The zero-order chi connectivity index (χ0) is 9.42. The van der Waals surface area contributed by atoms with Gasteiger partial charge >= 0.3 is 0 Å². The number of hydrogen-bond acceptors (Lipinski definition) is 2. The van der Waals surface area contributed by atoms with Crippen LogP contribution in [0.25, 0.3) is 0 Å². The second-order valence-electron chi connectivity index (χ2n) is 3.08. The number of fused-ring (bicyclic) bond motifs is 1. The van der Waals surface area contributed by atoms with Gasteiger partial charge in [0, 0.05) is 29.2 Å². The number of thioether (sulfide) groups is 1. The average Bonchev–Trinajstić information content (AvgIpc) is 2.07. The van der Waals surface area contributed by atoms with E-state index in [2.05, 4.69) is 0 Å². The van der Waals surface area contributed by atoms with Crippen LogP contribution in [0, 0.1) is 11.6 Å². The van der Waals surface area contributed by atoms with Gasteiger partial charge in [-0.15, -0.1) is 0 Å². The first-order chi connectivity index (χ1) is 6.18. The SMILES string of the molecule is N[C@@H]1CSCc2c(F)cc(F)cc21. The smallest absolute Gasteiger partial charge is 0.130 e. The Balaban J connectivity index is 2.56. The lowest BCUT2D eigenvalue weighted by Gasteiger charge is -2.22. The molecule has 0 spiro atoms. The van der Waals surface area contributed by atoms with E-state index in [0.29, 0.717) is 16.9 Å². The standard InChI is InChI=1S/C9H9F2NS/c10-5-1-6-7(8(11)2-5)3-13-4-9(6)12/h1-2,9H,3-4,12H2/t9-/m1/s1. The molecule has 1 heterocycles. The summed E-state index contributed by atoms with van der Waals surface area (Å²) < 4.78 is 26.0. The average molecular weight is 201 g/mol. The Morgan fingerprint density at radius 2 is 2.15 bits per heavy atom. The van der Waals surface area contributed by atoms with Crippen molar-refractivity contribution in [2.45, 2.75) is 11.8 Å². The molecule has 0 radical (unpaired) electrons. The monoisotopic (exact) mass is 201 g/mol. The van der Waals surface area contributed by atoms with Crippen molar-refractivity contribution < 1.29 is 8.78 Å². The first kappa shape index (κ1) is 8.97. The fraction of sp³-hybridized carbons (Fsp3) is 0.333. The lowest BCUT2D eigenvalue weighted by atomic mass is 10.0. The summed E-state index contributed by atoms with van der Waals surface area (Å²) in [4.78, 5) is 0. The van der Waals surface area contributed by atoms with Gasteiger partial charge in [0.25, 0.3) is 0 Å². The van der Waals surface area contributed by atoms with E-state index in [1.807, 2.05) is 0 Å². The molecule has 0 fully saturated rings. The van der Waals surface area contributed by atoms with E-state index in [-0.39, 0.29) is 6.04 Å². The minimum Gasteiger partial charge on any atom is -0.323 e. The van der Waals surface area contributed by atoms with Crippen LogP contribution >= 0.6 is 11.8 Å². The molecule has 1 atom stereocenters. The molecular formula is C9H9F2NS. The van der Waals surface area contributed by atoms with Crippen LogP contribution in [0.3, 0.4) is 0 Å². The summed E-state index contributed by atoms with van der Waals surface area (Å²) in [6, 6.07) is 2.01. The maximum atomic E-state index is 13.2. The number of nitrogens with two attached hydrogens (primary N) is 1. The molecule has 1 aromatic rings. The van der Waals surface area contributed by atoms with Gasteiger partial charge in [-0.1, -0.05) is 0 Å². The third-order valence-corrected chi connectivity index (χ3v) is 3.23. The Labute approximate surface area is 79.3 Å². The molecule has 1 aliphatic heterocycles. The van der Waals surface area contributed by atoms with Gasteiger partial charge in [-0.25, -0.2) is 8.78 Å². The van der Waals surface area contributed by atoms with E-state index in [1.54, 1.807) is 11.8 Å². The maximum absolute atomic E-state index is 13.2. The van der Waals surface area contributed by atoms with Crippen LogP contribution in [-0.2, 0) is 5.75 Å². The molecule has 1 nitrogen and oxygen atoms in total. The van der Waals surface area contributed by atoms with Crippen molar-refractivity contribution in [1.82, 2.24) is 0 Å². The predicted molar refractivity (Wildman–Crippen MR) is 49.4 cm³/mol. The summed E-state index contributed by atoms with van der Waals surface area (Å²) in [6.07, 6.45) is 0. The molecule has 0 bridgehead atoms. The molecule has 0 amide bonds. The van der Waals surface area contributed by atoms with Crippen LogP contribution in [0.15, 0.2) is 12.1 Å². The third kappa shape index (κ3) is 1.56. The van der Waals surface area contributed by atoms with E-state index in [4.69, 9.17) is 5.73 Å². The quantitative estimate of drug-likeness (QED) is 0.696. The van der Waals surface area contributed by atoms with Gasteiger partial charge in [0.2, 0.25) is 0 Å². The molecule has 0 saturated carbocycles. The van der Waals surface area contributed by atoms with Gasteiger partial charge in [-0.3, -0.25) is 0 Å². The van der Waals surface area contributed by atoms with E-state index in [0.717, 1.165) is 11.8 Å². The maximum Gasteiger partial charge on any atom is 0.130 e. The largest absolute Gasteiger partial charge is 0.323 e. The van der Waals surface area contributed by atoms with Crippen molar-refractivity contribution in [3.05, 3.63) is 34.9 Å². The summed E-state index contributed by atoms with van der Waals surface area (Å²) in [7, 11) is 0. The molecule has 2 rings (SSSR count). The highest BCUT2D eigenvalue weighted by molar-refractivity contribution is 7.98. The van der Waals surface area contributed by atoms with Crippen molar-refractivity contribution in [2.75, 3.05) is 5.75 Å². The highest BCUT2D eigenvalue weighted by Crippen LogP contribution is 2.32. The zero-order valence-corrected chi connectivity index (χ0v) is 7.70. The second-order valence-corrected chi connectivity index (χ2v) is 4.11. The Hall–Kier alpha value is -0.610. The number of hydrogen-bond donors (Lipinski definition) is 1. The van der Waals surface area contributed by atoms with Crippen molar-refractivity contribution in [2.24, 2.45) is 5.73 Å². The van der Waals surface area contributed by atoms with Crippen LogP contribution in [0.2, 0.25) is 0 Å². The zero-order valence-electron chi connectivity index (χ0n) is 6.89. The molecule has 0 unspecified atom stereocenters. The Morgan fingerprint density at radius 3 is 2.92 bits per heavy atom. The van der Waals surface area contributed by atoms with Gasteiger partial charge in [-0.2, -0.15) is 11.8 Å². The summed E-state index contributed by atoms with van der Waals surface area (Å²) in [6.45, 7) is 0. The first-order valence-electron chi connectivity index (χ1n) is 3.99. The number of halogens is 2. The fourth-order valence-corrected chi connectivity index (χ4v) is 2.54. The molecule has 1 aromatic carbocycles. The highest BCUT2D eigenvalue weighted by atomic mass is 32.2. The van der Waals surface area contributed by atoms with Crippen LogP contribution in [0.1, 0.15) is 17.2 Å². The minimum atomic E-state index is -0.543. The van der Waals surface area contributed by atoms with Crippen LogP contribution < -0.4 is 5.73 Å². The van der Waals surface area contributed by atoms with Crippen LogP contribution in [-0.4, -0.2) is 5.75 Å². The lowest BCUT2D eigenvalue weighted by Crippen LogP contribution is -2.20. The van der Waals surface area contributed by atoms with Gasteiger partial charge in [0.15, 0.2) is 0 Å². The molecule has 0 aliphatic carbocycles. The molecule has 2 N–H and O–H groups in total. The lowest BCUT2D eigenvalue weighted by molar-refractivity contribution is 0.566. The van der Waals surface area contributed by atoms with Gasteiger partial charge in [0.1, 0.15) is 11.6 Å². The Kier molecular flexibility index (Phi) is 2.26. The van der Waals surface area contributed by atoms with Crippen molar-refractivity contribution in [3.8, 4) is 0 Å². The van der Waals surface area contributed by atoms with Gasteiger partial charge < -0.3 is 5.73 Å². The Bertz CT molecular complexity index is 341. The molecule has 4 heteroatoms. The summed E-state index contributed by atoms with van der Waals surface area (Å²) in [5, 5.41) is 0. The van der Waals surface area contributed by atoms with E-state index < -0.39 is 11.6 Å². The van der Waals surface area contributed by atoms with Crippen molar-refractivity contribution in [1.29, 1.82) is 0 Å². The summed E-state index contributed by atoms with van der Waals surface area (Å²) in [5.74, 6) is 0.307. The first-order valence-corrected chi connectivity index (χ1v) is 5.15. The van der Waals surface area contributed by atoms with Crippen LogP contribution in [0.5, 0.6) is 0 Å². The van der Waals surface area contributed by atoms with E-state index in [9.17, 15) is 8.78 Å². The molecule has 1 aliphatic rings. The highest BCUT2D eigenvalue weighted by Gasteiger charge is 2.21.